The lowest BCUT2D eigenvalue weighted by atomic mass is 9.66. The molecule has 0 amide bonds. The monoisotopic (exact) mass is 394 g/mol. The molecule has 2 atom stereocenters. The van der Waals surface area contributed by atoms with Crippen molar-refractivity contribution in [2.45, 2.75) is 65.9 Å². The Bertz CT molecular complexity index is 917. The lowest BCUT2D eigenvalue weighted by Gasteiger charge is -2.42. The lowest BCUT2D eigenvalue weighted by molar-refractivity contribution is -0.121. The predicted octanol–water partition coefficient (Wildman–Crippen LogP) is 5.61. The van der Waals surface area contributed by atoms with Gasteiger partial charge >= 0.3 is 0 Å². The van der Waals surface area contributed by atoms with Crippen molar-refractivity contribution >= 4 is 11.6 Å². The van der Waals surface area contributed by atoms with Gasteiger partial charge in [0.25, 0.3) is 0 Å². The van der Waals surface area contributed by atoms with Gasteiger partial charge in [-0.3, -0.25) is 9.59 Å². The zero-order valence-corrected chi connectivity index (χ0v) is 17.7. The number of ketones is 2. The molecular weight excluding hydrogens is 364 g/mol. The van der Waals surface area contributed by atoms with Gasteiger partial charge in [0.05, 0.1) is 0 Å². The Balaban J connectivity index is 1.82. The fourth-order valence-corrected chi connectivity index (χ4v) is 5.15. The summed E-state index contributed by atoms with van der Waals surface area (Å²) >= 11 is 0. The van der Waals surface area contributed by atoms with Gasteiger partial charge in [-0.25, -0.2) is 0 Å². The van der Waals surface area contributed by atoms with Crippen molar-refractivity contribution < 1.29 is 19.4 Å². The number of Topliss-reactive ketones (excluding diaryl/α,β-unsaturated/α-hetero) is 2. The predicted molar refractivity (Wildman–Crippen MR) is 111 cm³/mol. The molecule has 1 N–H and O–H groups in total. The van der Waals surface area contributed by atoms with Gasteiger partial charge in [-0.1, -0.05) is 58.0 Å². The maximum atomic E-state index is 13.1. The molecule has 1 aliphatic heterocycles. The standard InChI is InChI=1S/C25H30O4/c1-24(2)11-17(26)22(18(27)12-24)16-10-20(15-8-6-5-7-9-15)29-21-14-25(3,4)13-19(28)23(16)21/h5-9,16,20,26H,10-14H2,1-4H3/t16-,20-/m0/s1. The summed E-state index contributed by atoms with van der Waals surface area (Å²) in [6.07, 6.45) is 2.23. The molecule has 0 aromatic heterocycles. The lowest BCUT2D eigenvalue weighted by Crippen LogP contribution is -2.38. The summed E-state index contributed by atoms with van der Waals surface area (Å²) in [4.78, 5) is 26.2. The van der Waals surface area contributed by atoms with Gasteiger partial charge in [-0.2, -0.15) is 0 Å². The molecule has 29 heavy (non-hydrogen) atoms. The first-order valence-corrected chi connectivity index (χ1v) is 10.5. The molecule has 4 heteroatoms. The third-order valence-corrected chi connectivity index (χ3v) is 6.38. The van der Waals surface area contributed by atoms with E-state index in [0.717, 1.165) is 5.56 Å². The Morgan fingerprint density at radius 1 is 0.862 bits per heavy atom. The van der Waals surface area contributed by atoms with E-state index in [2.05, 4.69) is 13.8 Å². The Morgan fingerprint density at radius 3 is 2.07 bits per heavy atom. The highest BCUT2D eigenvalue weighted by Crippen LogP contribution is 2.51. The molecule has 0 fully saturated rings. The van der Waals surface area contributed by atoms with E-state index in [9.17, 15) is 14.7 Å². The molecule has 3 aliphatic rings. The Morgan fingerprint density at radius 2 is 1.45 bits per heavy atom. The molecule has 1 aromatic carbocycles. The highest BCUT2D eigenvalue weighted by Gasteiger charge is 2.46. The van der Waals surface area contributed by atoms with Gasteiger partial charge in [0.1, 0.15) is 17.6 Å². The number of aliphatic hydroxyl groups is 1. The Hall–Kier alpha value is -2.36. The number of allylic oxidation sites excluding steroid dienone is 4. The van der Waals surface area contributed by atoms with E-state index in [4.69, 9.17) is 4.74 Å². The molecule has 154 valence electrons. The third-order valence-electron chi connectivity index (χ3n) is 6.38. The average molecular weight is 395 g/mol. The third kappa shape index (κ3) is 3.77. The molecule has 0 radical (unpaired) electrons. The van der Waals surface area contributed by atoms with Crippen LogP contribution in [0.1, 0.15) is 71.5 Å². The smallest absolute Gasteiger partial charge is 0.163 e. The summed E-state index contributed by atoms with van der Waals surface area (Å²) < 4.78 is 6.36. The molecule has 0 bridgehead atoms. The number of hydrogen-bond acceptors (Lipinski definition) is 4. The number of aliphatic hydroxyl groups excluding tert-OH is 1. The molecule has 1 heterocycles. The highest BCUT2D eigenvalue weighted by atomic mass is 16.5. The topological polar surface area (TPSA) is 63.6 Å². The maximum absolute atomic E-state index is 13.1. The Labute approximate surface area is 172 Å². The number of ether oxygens (including phenoxy) is 1. The van der Waals surface area contributed by atoms with E-state index in [1.165, 1.54) is 0 Å². The van der Waals surface area contributed by atoms with Crippen molar-refractivity contribution in [1.82, 2.24) is 0 Å². The van der Waals surface area contributed by atoms with Crippen molar-refractivity contribution in [3.63, 3.8) is 0 Å². The van der Waals surface area contributed by atoms with Crippen LogP contribution in [0, 0.1) is 16.7 Å². The average Bonchev–Trinajstić information content (AvgIpc) is 2.59. The van der Waals surface area contributed by atoms with Crippen LogP contribution >= 0.6 is 0 Å². The number of carbonyl (C=O) groups is 2. The zero-order chi connectivity index (χ0) is 21.0. The number of rotatable bonds is 2. The van der Waals surface area contributed by atoms with E-state index >= 15 is 0 Å². The van der Waals surface area contributed by atoms with Crippen LogP contribution in [0.5, 0.6) is 0 Å². The van der Waals surface area contributed by atoms with Gasteiger partial charge in [0.15, 0.2) is 11.6 Å². The van der Waals surface area contributed by atoms with Crippen molar-refractivity contribution in [2.75, 3.05) is 0 Å². The molecule has 1 aromatic rings. The molecule has 2 aliphatic carbocycles. The summed E-state index contributed by atoms with van der Waals surface area (Å²) in [5.41, 5.74) is 1.65. The van der Waals surface area contributed by atoms with Crippen LogP contribution in [0.4, 0.5) is 0 Å². The van der Waals surface area contributed by atoms with Crippen LogP contribution in [0.2, 0.25) is 0 Å². The second kappa shape index (κ2) is 6.86. The van der Waals surface area contributed by atoms with Crippen LogP contribution < -0.4 is 0 Å². The van der Waals surface area contributed by atoms with Crippen LogP contribution in [0.25, 0.3) is 0 Å². The van der Waals surface area contributed by atoms with Gasteiger partial charge in [-0.05, 0) is 22.8 Å². The van der Waals surface area contributed by atoms with Gasteiger partial charge < -0.3 is 9.84 Å². The van der Waals surface area contributed by atoms with Gasteiger partial charge in [-0.15, -0.1) is 0 Å². The molecule has 0 saturated heterocycles. The molecule has 0 unspecified atom stereocenters. The van der Waals surface area contributed by atoms with Crippen LogP contribution in [0.3, 0.4) is 0 Å². The quantitative estimate of drug-likeness (QED) is 0.708. The van der Waals surface area contributed by atoms with Crippen molar-refractivity contribution in [3.8, 4) is 0 Å². The minimum Gasteiger partial charge on any atom is -0.512 e. The van der Waals surface area contributed by atoms with Crippen molar-refractivity contribution in [2.24, 2.45) is 16.7 Å². The normalized spacial score (nSPS) is 28.8. The summed E-state index contributed by atoms with van der Waals surface area (Å²) in [7, 11) is 0. The van der Waals surface area contributed by atoms with Crippen LogP contribution in [0.15, 0.2) is 53.0 Å². The van der Waals surface area contributed by atoms with Crippen LogP contribution in [-0.2, 0) is 14.3 Å². The molecule has 4 rings (SSSR count). The van der Waals surface area contributed by atoms with E-state index in [1.807, 2.05) is 44.2 Å². The maximum Gasteiger partial charge on any atom is 0.163 e. The first kappa shape index (κ1) is 19.9. The van der Waals surface area contributed by atoms with E-state index in [-0.39, 0.29) is 34.3 Å². The minimum atomic E-state index is -0.392. The molecule has 0 saturated carbocycles. The van der Waals surface area contributed by atoms with Crippen molar-refractivity contribution in [3.05, 3.63) is 58.6 Å². The summed E-state index contributed by atoms with van der Waals surface area (Å²) in [6.45, 7) is 8.13. The number of benzene rings is 1. The fraction of sp³-hybridized carbons (Fsp3) is 0.520. The number of carbonyl (C=O) groups excluding carboxylic acids is 2. The summed E-state index contributed by atoms with van der Waals surface area (Å²) in [5.74, 6) is 0.465. The molecular formula is C25H30O4. The second-order valence-corrected chi connectivity index (χ2v) is 10.4. The summed E-state index contributed by atoms with van der Waals surface area (Å²) in [5, 5.41) is 10.8. The molecule has 4 nitrogen and oxygen atoms in total. The summed E-state index contributed by atoms with van der Waals surface area (Å²) in [6, 6.07) is 9.94. The fourth-order valence-electron chi connectivity index (χ4n) is 5.15. The van der Waals surface area contributed by atoms with Crippen LogP contribution in [-0.4, -0.2) is 16.7 Å². The van der Waals surface area contributed by atoms with E-state index < -0.39 is 5.92 Å². The number of hydrogen-bond donors (Lipinski definition) is 1. The first-order valence-electron chi connectivity index (χ1n) is 10.5. The van der Waals surface area contributed by atoms with Gasteiger partial charge in [0.2, 0.25) is 0 Å². The largest absolute Gasteiger partial charge is 0.512 e. The van der Waals surface area contributed by atoms with Gasteiger partial charge in [0, 0.05) is 42.7 Å². The SMILES string of the molecule is CC1(C)CC(=O)C([C@@H]2C[C@@H](c3ccccc3)OC3=C2C(=O)CC(C)(C)C3)=C(O)C1. The second-order valence-electron chi connectivity index (χ2n) is 10.4. The zero-order valence-electron chi connectivity index (χ0n) is 17.7. The highest BCUT2D eigenvalue weighted by molar-refractivity contribution is 6.04. The van der Waals surface area contributed by atoms with Crippen molar-refractivity contribution in [1.29, 1.82) is 0 Å². The molecule has 0 spiro atoms. The Kier molecular flexibility index (Phi) is 4.71. The minimum absolute atomic E-state index is 0.0399. The van der Waals surface area contributed by atoms with E-state index in [0.29, 0.717) is 49.0 Å². The van der Waals surface area contributed by atoms with E-state index in [1.54, 1.807) is 0 Å². The first-order chi connectivity index (χ1) is 13.6.